The van der Waals surface area contributed by atoms with Gasteiger partial charge >= 0.3 is 0 Å². The largest absolute Gasteiger partial charge is 0.497 e. The number of ether oxygens (including phenoxy) is 1. The zero-order chi connectivity index (χ0) is 17.5. The molecule has 2 aromatic rings. The Morgan fingerprint density at radius 2 is 1.84 bits per heavy atom. The van der Waals surface area contributed by atoms with E-state index in [1.807, 2.05) is 36.0 Å². The standard InChI is InChI=1S/C20H24N2O2S/c1-24-19-8-6-17(7-9-19)16-4-2-15(3-5-16)13-22-20(23)12-18-14-25-11-10-21-18/h2-9,18,21H,10-14H2,1H3,(H,22,23). The summed E-state index contributed by atoms with van der Waals surface area (Å²) >= 11 is 1.91. The monoisotopic (exact) mass is 356 g/mol. The molecule has 0 aliphatic carbocycles. The number of hydrogen-bond donors (Lipinski definition) is 2. The third kappa shape index (κ3) is 5.25. The molecule has 2 aromatic carbocycles. The molecule has 25 heavy (non-hydrogen) atoms. The Labute approximate surface area is 153 Å². The maximum Gasteiger partial charge on any atom is 0.221 e. The molecule has 3 rings (SSSR count). The number of thioether (sulfide) groups is 1. The molecule has 0 saturated carbocycles. The molecule has 1 aliphatic heterocycles. The minimum absolute atomic E-state index is 0.110. The lowest BCUT2D eigenvalue weighted by Gasteiger charge is -2.22. The topological polar surface area (TPSA) is 50.4 Å². The second-order valence-electron chi connectivity index (χ2n) is 6.13. The Balaban J connectivity index is 1.50. The second kappa shape index (κ2) is 8.92. The summed E-state index contributed by atoms with van der Waals surface area (Å²) in [5.74, 6) is 3.12. The van der Waals surface area contributed by atoms with Crippen LogP contribution in [0, 0.1) is 0 Å². The Kier molecular flexibility index (Phi) is 6.36. The summed E-state index contributed by atoms with van der Waals surface area (Å²) in [6.45, 7) is 1.57. The maximum atomic E-state index is 12.1. The van der Waals surface area contributed by atoms with Crippen LogP contribution in [0.25, 0.3) is 11.1 Å². The highest BCUT2D eigenvalue weighted by Gasteiger charge is 2.16. The molecule has 1 atom stereocenters. The molecule has 1 fully saturated rings. The van der Waals surface area contributed by atoms with Crippen molar-refractivity contribution in [2.75, 3.05) is 25.2 Å². The number of benzene rings is 2. The van der Waals surface area contributed by atoms with E-state index in [1.165, 1.54) is 0 Å². The van der Waals surface area contributed by atoms with Gasteiger partial charge in [0.15, 0.2) is 0 Å². The molecule has 0 bridgehead atoms. The van der Waals surface area contributed by atoms with Gasteiger partial charge in [-0.1, -0.05) is 36.4 Å². The van der Waals surface area contributed by atoms with Crippen LogP contribution in [0.4, 0.5) is 0 Å². The molecule has 132 valence electrons. The van der Waals surface area contributed by atoms with E-state index in [2.05, 4.69) is 34.9 Å². The molecular formula is C20H24N2O2S. The fourth-order valence-corrected chi connectivity index (χ4v) is 3.80. The van der Waals surface area contributed by atoms with Crippen LogP contribution in [0.15, 0.2) is 48.5 Å². The molecule has 0 spiro atoms. The predicted octanol–water partition coefficient (Wildman–Crippen LogP) is 3.07. The third-order valence-corrected chi connectivity index (χ3v) is 5.43. The fraction of sp³-hybridized carbons (Fsp3) is 0.350. The molecule has 4 nitrogen and oxygen atoms in total. The SMILES string of the molecule is COc1ccc(-c2ccc(CNC(=O)CC3CSCCN3)cc2)cc1. The highest BCUT2D eigenvalue weighted by molar-refractivity contribution is 7.99. The van der Waals surface area contributed by atoms with Crippen molar-refractivity contribution in [3.63, 3.8) is 0 Å². The number of carbonyl (C=O) groups is 1. The van der Waals surface area contributed by atoms with E-state index in [4.69, 9.17) is 4.74 Å². The maximum absolute atomic E-state index is 12.1. The average molecular weight is 356 g/mol. The molecule has 0 radical (unpaired) electrons. The normalized spacial score (nSPS) is 17.1. The zero-order valence-corrected chi connectivity index (χ0v) is 15.3. The van der Waals surface area contributed by atoms with Crippen molar-refractivity contribution >= 4 is 17.7 Å². The van der Waals surface area contributed by atoms with Crippen LogP contribution in [0.5, 0.6) is 5.75 Å². The van der Waals surface area contributed by atoms with Gasteiger partial charge < -0.3 is 15.4 Å². The van der Waals surface area contributed by atoms with Gasteiger partial charge in [-0.15, -0.1) is 0 Å². The molecule has 1 unspecified atom stereocenters. The Bertz CT molecular complexity index is 680. The fourth-order valence-electron chi connectivity index (χ4n) is 2.85. The number of rotatable bonds is 6. The summed E-state index contributed by atoms with van der Waals surface area (Å²) in [6.07, 6.45) is 0.553. The van der Waals surface area contributed by atoms with Gasteiger partial charge in [0, 0.05) is 37.1 Å². The summed E-state index contributed by atoms with van der Waals surface area (Å²) < 4.78 is 5.19. The first kappa shape index (κ1) is 17.8. The molecule has 0 aromatic heterocycles. The van der Waals surface area contributed by atoms with E-state index in [-0.39, 0.29) is 5.91 Å². The van der Waals surface area contributed by atoms with Gasteiger partial charge in [-0.05, 0) is 28.8 Å². The summed E-state index contributed by atoms with van der Waals surface area (Å²) in [7, 11) is 1.67. The molecule has 2 N–H and O–H groups in total. The van der Waals surface area contributed by atoms with E-state index in [9.17, 15) is 4.79 Å². The van der Waals surface area contributed by atoms with Gasteiger partial charge in [0.05, 0.1) is 7.11 Å². The van der Waals surface area contributed by atoms with Gasteiger partial charge in [-0.3, -0.25) is 4.79 Å². The minimum atomic E-state index is 0.110. The Morgan fingerprint density at radius 3 is 2.44 bits per heavy atom. The quantitative estimate of drug-likeness (QED) is 0.835. The summed E-state index contributed by atoms with van der Waals surface area (Å²) in [6, 6.07) is 16.6. The molecule has 5 heteroatoms. The van der Waals surface area contributed by atoms with Crippen molar-refractivity contribution < 1.29 is 9.53 Å². The lowest BCUT2D eigenvalue weighted by atomic mass is 10.0. The zero-order valence-electron chi connectivity index (χ0n) is 14.5. The van der Waals surface area contributed by atoms with Crippen molar-refractivity contribution in [3.8, 4) is 16.9 Å². The van der Waals surface area contributed by atoms with Crippen LogP contribution < -0.4 is 15.4 Å². The second-order valence-corrected chi connectivity index (χ2v) is 7.28. The molecule has 1 heterocycles. The summed E-state index contributed by atoms with van der Waals surface area (Å²) in [5, 5.41) is 6.41. The van der Waals surface area contributed by atoms with E-state index in [0.29, 0.717) is 19.0 Å². The summed E-state index contributed by atoms with van der Waals surface area (Å²) in [5.41, 5.74) is 3.41. The smallest absolute Gasteiger partial charge is 0.221 e. The van der Waals surface area contributed by atoms with Gasteiger partial charge in [0.25, 0.3) is 0 Å². The lowest BCUT2D eigenvalue weighted by Crippen LogP contribution is -2.41. The van der Waals surface area contributed by atoms with Crippen molar-refractivity contribution in [3.05, 3.63) is 54.1 Å². The van der Waals surface area contributed by atoms with Gasteiger partial charge in [0.1, 0.15) is 5.75 Å². The number of hydrogen-bond acceptors (Lipinski definition) is 4. The Morgan fingerprint density at radius 1 is 1.16 bits per heavy atom. The van der Waals surface area contributed by atoms with Crippen LogP contribution in [0.2, 0.25) is 0 Å². The van der Waals surface area contributed by atoms with Crippen molar-refractivity contribution in [1.82, 2.24) is 10.6 Å². The number of nitrogens with one attached hydrogen (secondary N) is 2. The van der Waals surface area contributed by atoms with Crippen LogP contribution in [-0.2, 0) is 11.3 Å². The number of amides is 1. The Hall–Kier alpha value is -1.98. The molecule has 1 saturated heterocycles. The van der Waals surface area contributed by atoms with Crippen molar-refractivity contribution in [1.29, 1.82) is 0 Å². The van der Waals surface area contributed by atoms with Gasteiger partial charge in [-0.25, -0.2) is 0 Å². The van der Waals surface area contributed by atoms with E-state index < -0.39 is 0 Å². The van der Waals surface area contributed by atoms with Crippen LogP contribution >= 0.6 is 11.8 Å². The van der Waals surface area contributed by atoms with E-state index in [0.717, 1.165) is 40.5 Å². The van der Waals surface area contributed by atoms with Crippen molar-refractivity contribution in [2.45, 2.75) is 19.0 Å². The van der Waals surface area contributed by atoms with Gasteiger partial charge in [0.2, 0.25) is 5.91 Å². The van der Waals surface area contributed by atoms with Gasteiger partial charge in [-0.2, -0.15) is 11.8 Å². The summed E-state index contributed by atoms with van der Waals surface area (Å²) in [4.78, 5) is 12.1. The number of carbonyl (C=O) groups excluding carboxylic acids is 1. The molecule has 1 aliphatic rings. The van der Waals surface area contributed by atoms with E-state index >= 15 is 0 Å². The average Bonchev–Trinajstić information content (AvgIpc) is 2.68. The highest BCUT2D eigenvalue weighted by atomic mass is 32.2. The molecular weight excluding hydrogens is 332 g/mol. The first-order chi connectivity index (χ1) is 12.2. The molecule has 1 amide bonds. The van der Waals surface area contributed by atoms with E-state index in [1.54, 1.807) is 7.11 Å². The first-order valence-electron chi connectivity index (χ1n) is 8.56. The lowest BCUT2D eigenvalue weighted by molar-refractivity contribution is -0.121. The van der Waals surface area contributed by atoms with Crippen molar-refractivity contribution in [2.24, 2.45) is 0 Å². The van der Waals surface area contributed by atoms with Crippen LogP contribution in [0.1, 0.15) is 12.0 Å². The first-order valence-corrected chi connectivity index (χ1v) is 9.71. The third-order valence-electron chi connectivity index (χ3n) is 4.30. The van der Waals surface area contributed by atoms with Crippen LogP contribution in [0.3, 0.4) is 0 Å². The highest BCUT2D eigenvalue weighted by Crippen LogP contribution is 2.22. The number of methoxy groups -OCH3 is 1. The predicted molar refractivity (Wildman–Crippen MR) is 104 cm³/mol. The minimum Gasteiger partial charge on any atom is -0.497 e. The van der Waals surface area contributed by atoms with Crippen LogP contribution in [-0.4, -0.2) is 37.1 Å².